The third-order valence-corrected chi connectivity index (χ3v) is 10.2. The first-order valence-electron chi connectivity index (χ1n) is 12.5. The second-order valence-corrected chi connectivity index (χ2v) is 12.0. The number of esters is 1. The normalized spacial score (nSPS) is 43.3. The molecule has 1 aromatic heterocycles. The maximum atomic E-state index is 17.3. The van der Waals surface area contributed by atoms with Crippen LogP contribution in [0.5, 0.6) is 0 Å². The summed E-state index contributed by atoms with van der Waals surface area (Å²) in [5, 5.41) is 10.5. The van der Waals surface area contributed by atoms with Gasteiger partial charge in [-0.3, -0.25) is 9.59 Å². The SMILES string of the molecule is CC1C[C@H]2[C@@H]3C[C@H](F)C4=CC(=O)C=C[C@]4(C)[C@@]3(F)[C@@H](O)C[C@]2(C)[C@]1(OC(=O)c1ccc(C(F)(F)F)o1)C(=O)S. The first-order valence-corrected chi connectivity index (χ1v) is 13.0. The Hall–Kier alpha value is -2.47. The average Bonchev–Trinajstić information content (AvgIpc) is 3.41. The van der Waals surface area contributed by atoms with Crippen molar-refractivity contribution >= 4 is 29.5 Å². The van der Waals surface area contributed by atoms with E-state index in [-0.39, 0.29) is 18.4 Å². The molecule has 0 aliphatic heterocycles. The topological polar surface area (TPSA) is 93.8 Å². The number of rotatable bonds is 3. The van der Waals surface area contributed by atoms with Crippen LogP contribution in [0.25, 0.3) is 0 Å². The molecular weight excluding hydrogens is 547 g/mol. The Bertz CT molecular complexity index is 1320. The number of halogens is 5. The highest BCUT2D eigenvalue weighted by atomic mass is 32.1. The number of aliphatic hydroxyl groups is 1. The molecule has 1 heterocycles. The van der Waals surface area contributed by atoms with Crippen LogP contribution in [0, 0.1) is 28.6 Å². The van der Waals surface area contributed by atoms with Crippen molar-refractivity contribution in [2.24, 2.45) is 28.6 Å². The number of furan rings is 1. The fourth-order valence-electron chi connectivity index (χ4n) is 8.04. The molecule has 4 aliphatic rings. The van der Waals surface area contributed by atoms with E-state index in [1.54, 1.807) is 6.92 Å². The van der Waals surface area contributed by atoms with E-state index in [0.717, 1.165) is 18.2 Å². The predicted molar refractivity (Wildman–Crippen MR) is 129 cm³/mol. The molecule has 212 valence electrons. The van der Waals surface area contributed by atoms with Crippen LogP contribution in [0.3, 0.4) is 0 Å². The number of hydrogen-bond acceptors (Lipinski definition) is 6. The fraction of sp³-hybridized carbons (Fsp3) is 0.593. The van der Waals surface area contributed by atoms with Crippen molar-refractivity contribution in [2.45, 2.75) is 69.8 Å². The van der Waals surface area contributed by atoms with Gasteiger partial charge in [0.05, 0.1) is 6.10 Å². The van der Waals surface area contributed by atoms with Gasteiger partial charge in [-0.1, -0.05) is 19.9 Å². The highest BCUT2D eigenvalue weighted by molar-refractivity contribution is 7.96. The zero-order valence-corrected chi connectivity index (χ0v) is 22.1. The Kier molecular flexibility index (Phi) is 6.13. The second-order valence-electron chi connectivity index (χ2n) is 11.6. The highest BCUT2D eigenvalue weighted by Gasteiger charge is 2.78. The van der Waals surface area contributed by atoms with Gasteiger partial charge in [0, 0.05) is 22.7 Å². The highest BCUT2D eigenvalue weighted by Crippen LogP contribution is 2.71. The van der Waals surface area contributed by atoms with Crippen molar-refractivity contribution in [1.29, 1.82) is 0 Å². The lowest BCUT2D eigenvalue weighted by Gasteiger charge is -2.63. The summed E-state index contributed by atoms with van der Waals surface area (Å²) < 4.78 is 82.3. The summed E-state index contributed by atoms with van der Waals surface area (Å²) in [5.74, 6) is -6.85. The van der Waals surface area contributed by atoms with Crippen LogP contribution in [0.2, 0.25) is 0 Å². The van der Waals surface area contributed by atoms with Gasteiger partial charge in [-0.2, -0.15) is 13.2 Å². The van der Waals surface area contributed by atoms with Gasteiger partial charge in [0.15, 0.2) is 17.1 Å². The van der Waals surface area contributed by atoms with Gasteiger partial charge in [-0.05, 0) is 62.0 Å². The second kappa shape index (κ2) is 8.52. The molecule has 0 radical (unpaired) electrons. The van der Waals surface area contributed by atoms with Crippen LogP contribution in [0.1, 0.15) is 56.3 Å². The van der Waals surface area contributed by atoms with Crippen LogP contribution in [-0.4, -0.2) is 45.5 Å². The summed E-state index contributed by atoms with van der Waals surface area (Å²) in [5.41, 5.74) is -7.70. The lowest BCUT2D eigenvalue weighted by molar-refractivity contribution is -0.221. The van der Waals surface area contributed by atoms with Crippen LogP contribution < -0.4 is 0 Å². The third kappa shape index (κ3) is 3.52. The molecule has 9 atom stereocenters. The van der Waals surface area contributed by atoms with Gasteiger partial charge < -0.3 is 14.3 Å². The number of carbonyl (C=O) groups is 3. The zero-order chi connectivity index (χ0) is 28.9. The first kappa shape index (κ1) is 28.1. The molecule has 0 amide bonds. The van der Waals surface area contributed by atoms with Crippen molar-refractivity contribution in [1.82, 2.24) is 0 Å². The van der Waals surface area contributed by atoms with Gasteiger partial charge in [-0.25, -0.2) is 13.6 Å². The molecule has 0 saturated heterocycles. The first-order chi connectivity index (χ1) is 17.9. The van der Waals surface area contributed by atoms with Crippen LogP contribution in [0.15, 0.2) is 40.4 Å². The number of thiol groups is 1. The minimum Gasteiger partial charge on any atom is -0.444 e. The van der Waals surface area contributed by atoms with E-state index in [2.05, 4.69) is 17.0 Å². The number of aliphatic hydroxyl groups excluding tert-OH is 1. The molecule has 0 aromatic carbocycles. The maximum absolute atomic E-state index is 17.3. The predicted octanol–water partition coefficient (Wildman–Crippen LogP) is 5.22. The van der Waals surface area contributed by atoms with E-state index in [1.807, 2.05) is 0 Å². The van der Waals surface area contributed by atoms with Crippen LogP contribution in [0.4, 0.5) is 22.0 Å². The van der Waals surface area contributed by atoms with E-state index in [1.165, 1.54) is 19.9 Å². The summed E-state index contributed by atoms with van der Waals surface area (Å²) in [6, 6.07) is 1.32. The fourth-order valence-corrected chi connectivity index (χ4v) is 8.56. The molecule has 0 spiro atoms. The Morgan fingerprint density at radius 3 is 2.44 bits per heavy atom. The van der Waals surface area contributed by atoms with Gasteiger partial charge in [0.2, 0.25) is 16.6 Å². The molecule has 1 aromatic rings. The maximum Gasteiger partial charge on any atom is 0.449 e. The zero-order valence-electron chi connectivity index (χ0n) is 21.2. The molecule has 5 rings (SSSR count). The Morgan fingerprint density at radius 2 is 1.85 bits per heavy atom. The number of alkyl halides is 5. The molecular formula is C27H27F5O6S. The van der Waals surface area contributed by atoms with Crippen LogP contribution >= 0.6 is 12.6 Å². The van der Waals surface area contributed by atoms with Gasteiger partial charge in [0.1, 0.15) is 6.17 Å². The van der Waals surface area contributed by atoms with Crippen molar-refractivity contribution in [3.05, 3.63) is 47.5 Å². The van der Waals surface area contributed by atoms with Crippen LogP contribution in [-0.2, 0) is 20.5 Å². The number of allylic oxidation sites excluding steroid dienone is 4. The number of carbonyl (C=O) groups excluding carboxylic acids is 3. The van der Waals surface area contributed by atoms with Gasteiger partial charge >= 0.3 is 12.1 Å². The minimum atomic E-state index is -4.86. The molecule has 1 unspecified atom stereocenters. The molecule has 0 bridgehead atoms. The van der Waals surface area contributed by atoms with Crippen molar-refractivity contribution in [3.63, 3.8) is 0 Å². The molecule has 3 fully saturated rings. The molecule has 39 heavy (non-hydrogen) atoms. The molecule has 4 aliphatic carbocycles. The monoisotopic (exact) mass is 574 g/mol. The molecule has 1 N–H and O–H groups in total. The molecule has 6 nitrogen and oxygen atoms in total. The molecule has 12 heteroatoms. The van der Waals surface area contributed by atoms with E-state index in [4.69, 9.17) is 4.74 Å². The average molecular weight is 575 g/mol. The quantitative estimate of drug-likeness (QED) is 0.292. The standard InChI is InChI=1S/C27H27F5O6S/c1-12-8-14-15-10-17(28)16-9-13(33)6-7-23(16,2)25(15,29)19(34)11-24(14,3)26(12,22(36)39)38-21(35)18-4-5-20(37-18)27(30,31)32/h4-7,9,12,14-15,17,19,34H,8,10-11H2,1-3H3,(H,36,39)/t12?,14-,15-,17-,19-,23-,24-,25-,26+/m0/s1. The van der Waals surface area contributed by atoms with Gasteiger partial charge in [0.25, 0.3) is 0 Å². The third-order valence-electron chi connectivity index (χ3n) is 9.83. The van der Waals surface area contributed by atoms with Crippen molar-refractivity contribution in [2.75, 3.05) is 0 Å². The van der Waals surface area contributed by atoms with Crippen molar-refractivity contribution in [3.8, 4) is 0 Å². The minimum absolute atomic E-state index is 0.0660. The summed E-state index contributed by atoms with van der Waals surface area (Å²) in [6.07, 6.45) is -5.59. The number of ether oxygens (including phenoxy) is 1. The Morgan fingerprint density at radius 1 is 1.18 bits per heavy atom. The smallest absolute Gasteiger partial charge is 0.444 e. The molecule has 3 saturated carbocycles. The Balaban J connectivity index is 1.58. The summed E-state index contributed by atoms with van der Waals surface area (Å²) in [7, 11) is 0. The largest absolute Gasteiger partial charge is 0.449 e. The number of hydrogen-bond donors (Lipinski definition) is 2. The van der Waals surface area contributed by atoms with E-state index in [9.17, 15) is 32.7 Å². The summed E-state index contributed by atoms with van der Waals surface area (Å²) in [6.45, 7) is 4.51. The lowest BCUT2D eigenvalue weighted by atomic mass is 9.44. The van der Waals surface area contributed by atoms with Gasteiger partial charge in [-0.15, -0.1) is 12.6 Å². The van der Waals surface area contributed by atoms with E-state index >= 15 is 8.78 Å². The van der Waals surface area contributed by atoms with E-state index < -0.39 is 93.1 Å². The van der Waals surface area contributed by atoms with Crippen molar-refractivity contribution < 1.29 is 50.6 Å². The summed E-state index contributed by atoms with van der Waals surface area (Å²) in [4.78, 5) is 38.2. The number of fused-ring (bicyclic) bond motifs is 5. The summed E-state index contributed by atoms with van der Waals surface area (Å²) >= 11 is 4.00. The van der Waals surface area contributed by atoms with E-state index in [0.29, 0.717) is 6.07 Å². The lowest BCUT2D eigenvalue weighted by Crippen LogP contribution is -2.70. The Labute approximate surface area is 226 Å². The number of ketones is 1.